The SMILES string of the molecule is O=C(CN1CCCCC1)c1ccc(C=Cc2ccc(Cl)cc2)cc1. The first kappa shape index (κ1) is 16.9. The third-order valence-corrected chi connectivity index (χ3v) is 4.64. The van der Waals surface area contributed by atoms with Gasteiger partial charge in [-0.25, -0.2) is 0 Å². The Labute approximate surface area is 148 Å². The number of halogens is 1. The lowest BCUT2D eigenvalue weighted by atomic mass is 10.1. The van der Waals surface area contributed by atoms with Crippen LogP contribution in [0.5, 0.6) is 0 Å². The number of rotatable bonds is 5. The smallest absolute Gasteiger partial charge is 0.176 e. The number of Topliss-reactive ketones (excluding diaryl/α,β-unsaturated/α-hetero) is 1. The van der Waals surface area contributed by atoms with Crippen molar-refractivity contribution < 1.29 is 4.79 Å². The highest BCUT2D eigenvalue weighted by Gasteiger charge is 2.14. The van der Waals surface area contributed by atoms with Crippen LogP contribution in [0.1, 0.15) is 40.7 Å². The molecule has 3 heteroatoms. The number of ketones is 1. The number of carbonyl (C=O) groups is 1. The van der Waals surface area contributed by atoms with Crippen molar-refractivity contribution in [1.29, 1.82) is 0 Å². The topological polar surface area (TPSA) is 20.3 Å². The average molecular weight is 340 g/mol. The van der Waals surface area contributed by atoms with Gasteiger partial charge in [0.1, 0.15) is 0 Å². The molecule has 124 valence electrons. The van der Waals surface area contributed by atoms with Crippen LogP contribution >= 0.6 is 11.6 Å². The number of benzene rings is 2. The minimum absolute atomic E-state index is 0.213. The zero-order valence-corrected chi connectivity index (χ0v) is 14.5. The van der Waals surface area contributed by atoms with E-state index in [-0.39, 0.29) is 5.78 Å². The first-order valence-electron chi connectivity index (χ1n) is 8.50. The summed E-state index contributed by atoms with van der Waals surface area (Å²) in [5.41, 5.74) is 2.98. The lowest BCUT2D eigenvalue weighted by molar-refractivity contribution is 0.0915. The quantitative estimate of drug-likeness (QED) is 0.552. The van der Waals surface area contributed by atoms with Gasteiger partial charge in [0.15, 0.2) is 5.78 Å². The summed E-state index contributed by atoms with van der Waals surface area (Å²) in [5.74, 6) is 0.213. The monoisotopic (exact) mass is 339 g/mol. The number of hydrogen-bond donors (Lipinski definition) is 0. The molecule has 0 bridgehead atoms. The van der Waals surface area contributed by atoms with Crippen LogP contribution in [0.25, 0.3) is 12.2 Å². The molecule has 1 aliphatic heterocycles. The predicted octanol–water partition coefficient (Wildman–Crippen LogP) is 5.18. The van der Waals surface area contributed by atoms with Gasteiger partial charge in [0.2, 0.25) is 0 Å². The van der Waals surface area contributed by atoms with Gasteiger partial charge in [0.05, 0.1) is 6.54 Å². The Kier molecular flexibility index (Phi) is 5.84. The first-order valence-corrected chi connectivity index (χ1v) is 8.88. The van der Waals surface area contributed by atoms with Crippen molar-refractivity contribution in [2.75, 3.05) is 19.6 Å². The summed E-state index contributed by atoms with van der Waals surface area (Å²) >= 11 is 5.89. The summed E-state index contributed by atoms with van der Waals surface area (Å²) in [6.45, 7) is 2.64. The molecule has 0 amide bonds. The van der Waals surface area contributed by atoms with Crippen molar-refractivity contribution >= 4 is 29.5 Å². The van der Waals surface area contributed by atoms with Crippen molar-refractivity contribution in [3.05, 3.63) is 70.2 Å². The minimum Gasteiger partial charge on any atom is -0.296 e. The number of likely N-dealkylation sites (tertiary alicyclic amines) is 1. The number of nitrogens with zero attached hydrogens (tertiary/aromatic N) is 1. The zero-order chi connectivity index (χ0) is 16.8. The van der Waals surface area contributed by atoms with Gasteiger partial charge < -0.3 is 0 Å². The van der Waals surface area contributed by atoms with Crippen molar-refractivity contribution in [2.24, 2.45) is 0 Å². The molecule has 1 fully saturated rings. The fourth-order valence-electron chi connectivity index (χ4n) is 2.96. The summed E-state index contributed by atoms with van der Waals surface area (Å²) in [5, 5.41) is 0.740. The number of carbonyl (C=O) groups excluding carboxylic acids is 1. The fraction of sp³-hybridized carbons (Fsp3) is 0.286. The highest BCUT2D eigenvalue weighted by atomic mass is 35.5. The van der Waals surface area contributed by atoms with Crippen LogP contribution in [-0.2, 0) is 0 Å². The molecule has 0 saturated carbocycles. The van der Waals surface area contributed by atoms with E-state index in [1.807, 2.05) is 60.7 Å². The van der Waals surface area contributed by atoms with Gasteiger partial charge in [-0.3, -0.25) is 9.69 Å². The van der Waals surface area contributed by atoms with Gasteiger partial charge in [-0.15, -0.1) is 0 Å². The predicted molar refractivity (Wildman–Crippen MR) is 101 cm³/mol. The third kappa shape index (κ3) is 4.80. The molecule has 2 nitrogen and oxygen atoms in total. The molecule has 0 radical (unpaired) electrons. The van der Waals surface area contributed by atoms with Gasteiger partial charge in [-0.2, -0.15) is 0 Å². The Morgan fingerprint density at radius 3 is 2.00 bits per heavy atom. The Morgan fingerprint density at radius 2 is 1.42 bits per heavy atom. The third-order valence-electron chi connectivity index (χ3n) is 4.39. The van der Waals surface area contributed by atoms with Crippen LogP contribution in [0.2, 0.25) is 5.02 Å². The molecule has 0 N–H and O–H groups in total. The molecule has 0 unspecified atom stereocenters. The second-order valence-corrected chi connectivity index (χ2v) is 6.70. The molecule has 1 aliphatic rings. The lowest BCUT2D eigenvalue weighted by Crippen LogP contribution is -2.34. The van der Waals surface area contributed by atoms with E-state index >= 15 is 0 Å². The number of hydrogen-bond acceptors (Lipinski definition) is 2. The van der Waals surface area contributed by atoms with Crippen LogP contribution in [-0.4, -0.2) is 30.3 Å². The summed E-state index contributed by atoms with van der Waals surface area (Å²) in [6.07, 6.45) is 7.80. The zero-order valence-electron chi connectivity index (χ0n) is 13.7. The van der Waals surface area contributed by atoms with Crippen molar-refractivity contribution in [2.45, 2.75) is 19.3 Å². The Morgan fingerprint density at radius 1 is 0.875 bits per heavy atom. The molecule has 1 saturated heterocycles. The molecule has 24 heavy (non-hydrogen) atoms. The van der Waals surface area contributed by atoms with E-state index in [1.54, 1.807) is 0 Å². The van der Waals surface area contributed by atoms with E-state index < -0.39 is 0 Å². The van der Waals surface area contributed by atoms with Gasteiger partial charge in [-0.05, 0) is 49.2 Å². The molecule has 0 spiro atoms. The molecular weight excluding hydrogens is 318 g/mol. The molecule has 1 heterocycles. The molecule has 0 atom stereocenters. The standard InChI is InChI=1S/C21H22ClNO/c22-20-12-8-18(9-13-20)5-4-17-6-10-19(11-7-17)21(24)16-23-14-2-1-3-15-23/h4-13H,1-3,14-16H2. The van der Waals surface area contributed by atoms with Gasteiger partial charge in [0, 0.05) is 10.6 Å². The summed E-state index contributed by atoms with van der Waals surface area (Å²) in [4.78, 5) is 14.6. The van der Waals surface area contributed by atoms with Crippen molar-refractivity contribution in [3.8, 4) is 0 Å². The largest absolute Gasteiger partial charge is 0.296 e. The lowest BCUT2D eigenvalue weighted by Gasteiger charge is -2.25. The summed E-state index contributed by atoms with van der Waals surface area (Å²) < 4.78 is 0. The van der Waals surface area contributed by atoms with E-state index in [4.69, 9.17) is 11.6 Å². The Bertz CT molecular complexity index is 698. The maximum atomic E-state index is 12.4. The second kappa shape index (κ2) is 8.27. The fourth-order valence-corrected chi connectivity index (χ4v) is 3.08. The van der Waals surface area contributed by atoms with E-state index in [2.05, 4.69) is 4.90 Å². The second-order valence-electron chi connectivity index (χ2n) is 6.27. The Hall–Kier alpha value is -1.90. The molecule has 0 aliphatic carbocycles. The average Bonchev–Trinajstić information content (AvgIpc) is 2.62. The molecule has 2 aromatic rings. The van der Waals surface area contributed by atoms with Crippen LogP contribution in [0.3, 0.4) is 0 Å². The van der Waals surface area contributed by atoms with E-state index in [0.717, 1.165) is 34.8 Å². The highest BCUT2D eigenvalue weighted by molar-refractivity contribution is 6.30. The van der Waals surface area contributed by atoms with Crippen LogP contribution in [0.4, 0.5) is 0 Å². The first-order chi connectivity index (χ1) is 11.7. The molecule has 2 aromatic carbocycles. The van der Waals surface area contributed by atoms with Gasteiger partial charge in [-0.1, -0.05) is 66.6 Å². The maximum Gasteiger partial charge on any atom is 0.176 e. The van der Waals surface area contributed by atoms with E-state index in [1.165, 1.54) is 19.3 Å². The van der Waals surface area contributed by atoms with Crippen LogP contribution < -0.4 is 0 Å². The van der Waals surface area contributed by atoms with Crippen molar-refractivity contribution in [1.82, 2.24) is 4.90 Å². The highest BCUT2D eigenvalue weighted by Crippen LogP contribution is 2.14. The minimum atomic E-state index is 0.213. The summed E-state index contributed by atoms with van der Waals surface area (Å²) in [7, 11) is 0. The van der Waals surface area contributed by atoms with Crippen LogP contribution in [0.15, 0.2) is 48.5 Å². The van der Waals surface area contributed by atoms with Crippen molar-refractivity contribution in [3.63, 3.8) is 0 Å². The molecule has 3 rings (SSSR count). The maximum absolute atomic E-state index is 12.4. The molecular formula is C21H22ClNO. The summed E-state index contributed by atoms with van der Waals surface area (Å²) in [6, 6.07) is 15.6. The van der Waals surface area contributed by atoms with Gasteiger partial charge in [0.25, 0.3) is 0 Å². The Balaban J connectivity index is 1.60. The van der Waals surface area contributed by atoms with E-state index in [9.17, 15) is 4.79 Å². The van der Waals surface area contributed by atoms with E-state index in [0.29, 0.717) is 6.54 Å². The normalized spacial score (nSPS) is 15.7. The van der Waals surface area contributed by atoms with Crippen LogP contribution in [0, 0.1) is 0 Å². The number of piperidine rings is 1. The van der Waals surface area contributed by atoms with Gasteiger partial charge >= 0.3 is 0 Å². The molecule has 0 aromatic heterocycles.